The molecule has 0 amide bonds. The van der Waals surface area contributed by atoms with Crippen LogP contribution in [0.5, 0.6) is 0 Å². The second-order valence-electron chi connectivity index (χ2n) is 10.9. The van der Waals surface area contributed by atoms with Gasteiger partial charge in [-0.15, -0.1) is 0 Å². The van der Waals surface area contributed by atoms with Crippen LogP contribution in [-0.2, 0) is 0 Å². The third-order valence-electron chi connectivity index (χ3n) is 9.47. The van der Waals surface area contributed by atoms with Gasteiger partial charge in [-0.2, -0.15) is 67.5 Å². The first-order valence-corrected chi connectivity index (χ1v) is 10.8. The Kier molecular flexibility index (Phi) is 19.2. The lowest BCUT2D eigenvalue weighted by atomic mass is 9.45. The van der Waals surface area contributed by atoms with Crippen molar-refractivity contribution in [2.45, 2.75) is 87.6 Å². The normalized spacial score (nSPS) is 36.9. The summed E-state index contributed by atoms with van der Waals surface area (Å²) in [6.07, 6.45) is 7.36. The van der Waals surface area contributed by atoms with E-state index >= 15 is 0 Å². The average Bonchev–Trinajstić information content (AvgIpc) is 2.55. The minimum atomic E-state index is 0. The largest absolute Gasteiger partial charge is 0.315 e. The molecule has 0 aliphatic heterocycles. The van der Waals surface area contributed by atoms with E-state index in [9.17, 15) is 0 Å². The van der Waals surface area contributed by atoms with Gasteiger partial charge < -0.3 is 10.6 Å². The first kappa shape index (κ1) is 39.9. The number of rotatable bonds is 6. The molecule has 6 saturated carbocycles. The molecule has 0 saturated heterocycles. The molecule has 0 aromatic rings. The lowest BCUT2D eigenvalue weighted by Crippen LogP contribution is -2.60. The van der Waals surface area contributed by atoms with Crippen LogP contribution in [0.15, 0.2) is 0 Å². The van der Waals surface area contributed by atoms with Gasteiger partial charge in [0.1, 0.15) is 0 Å². The Balaban J connectivity index is -0.000000521. The maximum absolute atomic E-state index is 3.88. The van der Waals surface area contributed by atoms with Crippen molar-refractivity contribution in [3.8, 4) is 0 Å². The van der Waals surface area contributed by atoms with Gasteiger partial charge in [0.05, 0.1) is 0 Å². The van der Waals surface area contributed by atoms with Crippen LogP contribution in [0.4, 0.5) is 0 Å². The molecule has 7 heteroatoms. The van der Waals surface area contributed by atoms with Gasteiger partial charge in [0.25, 0.3) is 0 Å². The Morgan fingerprint density at radius 1 is 0.710 bits per heavy atom. The molecule has 0 aromatic heterocycles. The predicted octanol–water partition coefficient (Wildman–Crippen LogP) is 6.14. The molecule has 4 bridgehead atoms. The topological polar surface area (TPSA) is 24.1 Å². The first-order chi connectivity index (χ1) is 11.3. The van der Waals surface area contributed by atoms with Crippen molar-refractivity contribution < 1.29 is 0 Å². The maximum Gasteiger partial charge on any atom is 0.00989 e. The Bertz CT molecular complexity index is 487. The zero-order chi connectivity index (χ0) is 17.1. The van der Waals surface area contributed by atoms with E-state index in [-0.39, 0.29) is 82.3 Å². The quantitative estimate of drug-likeness (QED) is 0.400. The summed E-state index contributed by atoms with van der Waals surface area (Å²) in [5, 5.41) is 7.66. The first-order valence-electron chi connectivity index (χ1n) is 10.8. The van der Waals surface area contributed by atoms with Gasteiger partial charge in [-0.3, -0.25) is 0 Å². The summed E-state index contributed by atoms with van der Waals surface area (Å²) in [5.74, 6) is 5.74. The zero-order valence-corrected chi connectivity index (χ0v) is 24.2. The fraction of sp³-hybridized carbons (Fsp3) is 1.00. The average molecular weight is 535 g/mol. The Morgan fingerprint density at radius 2 is 1.26 bits per heavy atom. The van der Waals surface area contributed by atoms with E-state index in [1.807, 2.05) is 0 Å². The molecule has 0 heterocycles. The van der Waals surface area contributed by atoms with Crippen molar-refractivity contribution in [1.29, 1.82) is 0 Å². The van der Waals surface area contributed by atoms with Gasteiger partial charge in [-0.25, -0.2) is 0 Å². The van der Waals surface area contributed by atoms with Crippen LogP contribution in [0.25, 0.3) is 0 Å². The van der Waals surface area contributed by atoms with E-state index in [0.717, 1.165) is 54.6 Å². The second-order valence-corrected chi connectivity index (χ2v) is 10.9. The summed E-state index contributed by atoms with van der Waals surface area (Å²) in [5.41, 5.74) is 1.25. The lowest BCUT2D eigenvalue weighted by Gasteiger charge is -2.62. The van der Waals surface area contributed by atoms with Crippen LogP contribution in [0.1, 0.15) is 81.6 Å². The van der Waals surface area contributed by atoms with Crippen molar-refractivity contribution in [2.75, 3.05) is 19.6 Å². The van der Waals surface area contributed by atoms with Crippen LogP contribution in [-0.4, -0.2) is 25.7 Å². The standard InChI is InChI=1S/C22H40N2.2CH4.5H2S/c1-14-18-11-17(22(18,4)5)12-20(14)24-9-8-23-13-15-6-7-16-10-19(15)21(16,2)3;;;;;;;/h14-20,23-24H,6-13H2,1-5H3;2*1H4;5*1H2/t14-,15-,16?,17+,18-,19-,20-;;;;;;;/m0......./s1. The van der Waals surface area contributed by atoms with E-state index in [2.05, 4.69) is 45.3 Å². The van der Waals surface area contributed by atoms with E-state index in [4.69, 9.17) is 0 Å². The van der Waals surface area contributed by atoms with Crippen molar-refractivity contribution in [1.82, 2.24) is 10.6 Å². The van der Waals surface area contributed by atoms with Gasteiger partial charge in [0.15, 0.2) is 0 Å². The molecule has 6 fully saturated rings. The maximum atomic E-state index is 3.88. The highest BCUT2D eigenvalue weighted by atomic mass is 32.1. The minimum absolute atomic E-state index is 0. The van der Waals surface area contributed by atoms with Crippen LogP contribution in [0.2, 0.25) is 0 Å². The summed E-state index contributed by atoms with van der Waals surface area (Å²) in [6.45, 7) is 16.1. The Morgan fingerprint density at radius 3 is 1.74 bits per heavy atom. The summed E-state index contributed by atoms with van der Waals surface area (Å²) in [4.78, 5) is 0. The van der Waals surface area contributed by atoms with E-state index in [0.29, 0.717) is 10.8 Å². The monoisotopic (exact) mass is 534 g/mol. The third kappa shape index (κ3) is 7.10. The second kappa shape index (κ2) is 14.9. The van der Waals surface area contributed by atoms with Crippen molar-refractivity contribution in [3.05, 3.63) is 0 Å². The number of nitrogens with one attached hydrogen (secondary N) is 2. The highest BCUT2D eigenvalue weighted by Gasteiger charge is 2.56. The molecular formula is C24H58N2S5. The summed E-state index contributed by atoms with van der Waals surface area (Å²) >= 11 is 0. The van der Waals surface area contributed by atoms with Gasteiger partial charge in [0.2, 0.25) is 0 Å². The smallest absolute Gasteiger partial charge is 0.00989 e. The molecule has 0 radical (unpaired) electrons. The molecule has 1 unspecified atom stereocenters. The Labute approximate surface area is 230 Å². The van der Waals surface area contributed by atoms with Gasteiger partial charge in [0, 0.05) is 19.1 Å². The van der Waals surface area contributed by atoms with Crippen molar-refractivity contribution >= 4 is 67.5 Å². The lowest BCUT2D eigenvalue weighted by molar-refractivity contribution is -0.115. The molecule has 7 atom stereocenters. The summed E-state index contributed by atoms with van der Waals surface area (Å²) in [6, 6.07) is 0.768. The molecule has 0 aromatic carbocycles. The molecule has 31 heavy (non-hydrogen) atoms. The minimum Gasteiger partial charge on any atom is -0.315 e. The molecule has 6 rings (SSSR count). The van der Waals surface area contributed by atoms with Crippen LogP contribution in [0.3, 0.4) is 0 Å². The van der Waals surface area contributed by atoms with Gasteiger partial charge >= 0.3 is 0 Å². The molecular weight excluding hydrogens is 477 g/mol. The molecule has 194 valence electrons. The van der Waals surface area contributed by atoms with E-state index in [1.165, 1.54) is 38.6 Å². The fourth-order valence-corrected chi connectivity index (χ4v) is 7.26. The number of hydrogen-bond acceptors (Lipinski definition) is 2. The molecule has 2 nitrogen and oxygen atoms in total. The third-order valence-corrected chi connectivity index (χ3v) is 9.47. The molecule has 6 aliphatic rings. The highest BCUT2D eigenvalue weighted by molar-refractivity contribution is 7.60. The van der Waals surface area contributed by atoms with Crippen molar-refractivity contribution in [2.24, 2.45) is 46.3 Å². The van der Waals surface area contributed by atoms with Crippen LogP contribution < -0.4 is 10.6 Å². The molecule has 2 N–H and O–H groups in total. The highest BCUT2D eigenvalue weighted by Crippen LogP contribution is 2.62. The van der Waals surface area contributed by atoms with E-state index in [1.54, 1.807) is 0 Å². The number of hydrogen-bond donors (Lipinski definition) is 2. The fourth-order valence-electron chi connectivity index (χ4n) is 7.26. The Hall–Kier alpha value is 1.67. The van der Waals surface area contributed by atoms with Gasteiger partial charge in [-0.05, 0) is 85.0 Å². The van der Waals surface area contributed by atoms with Crippen LogP contribution in [0, 0.1) is 46.3 Å². The SMILES string of the molecule is C.C.C[C@@H]1[C@@H](NCCNC[C@@H]2CCC3C[C@@H]2C3(C)C)C[C@H]2C[C@@H]1C2(C)C.S.S.S.S.S. The molecule has 0 spiro atoms. The summed E-state index contributed by atoms with van der Waals surface area (Å²) in [7, 11) is 0. The molecule has 6 aliphatic carbocycles. The van der Waals surface area contributed by atoms with Crippen molar-refractivity contribution in [3.63, 3.8) is 0 Å². The van der Waals surface area contributed by atoms with Gasteiger partial charge in [-0.1, -0.05) is 49.5 Å². The zero-order valence-electron chi connectivity index (χ0n) is 19.2. The summed E-state index contributed by atoms with van der Waals surface area (Å²) < 4.78 is 0. The number of fused-ring (bicyclic) bond motifs is 4. The van der Waals surface area contributed by atoms with E-state index < -0.39 is 0 Å². The predicted molar refractivity (Wildman–Crippen MR) is 167 cm³/mol. The van der Waals surface area contributed by atoms with Crippen LogP contribution >= 0.6 is 67.5 Å².